The lowest BCUT2D eigenvalue weighted by atomic mass is 10.7. The first-order chi connectivity index (χ1) is 3.12. The third kappa shape index (κ3) is 2.70. The van der Waals surface area contributed by atoms with Crippen LogP contribution in [0.5, 0.6) is 0 Å². The molecule has 0 unspecified atom stereocenters. The molecule has 0 fully saturated rings. The lowest BCUT2D eigenvalue weighted by Crippen LogP contribution is -2.31. The van der Waals surface area contributed by atoms with Crippen molar-refractivity contribution >= 4 is 11.8 Å². The van der Waals surface area contributed by atoms with Crippen LogP contribution in [0.4, 0.5) is 13.2 Å². The molecular weight excluding hydrogens is 130 g/mol. The second kappa shape index (κ2) is 2.37. The fourth-order valence-electron chi connectivity index (χ4n) is 0.0253. The summed E-state index contributed by atoms with van der Waals surface area (Å²) >= 11 is 4.35. The van der Waals surface area contributed by atoms with E-state index in [1.54, 1.807) is 0 Å². The van der Waals surface area contributed by atoms with Crippen molar-refractivity contribution in [3.63, 3.8) is 0 Å². The molecule has 0 rings (SSSR count). The summed E-state index contributed by atoms with van der Waals surface area (Å²) in [7, 11) is 0. The third-order valence-corrected chi connectivity index (χ3v) is 0.583. The molecule has 44 valence electrons. The Morgan fingerprint density at radius 1 is 1.57 bits per heavy atom. The Hall–Kier alpha value is 0.0400. The maximum Gasteiger partial charge on any atom is 0.343 e. The number of rotatable bonds is 2. The van der Waals surface area contributed by atoms with E-state index in [0.717, 1.165) is 4.84 Å². The zero-order valence-electron chi connectivity index (χ0n) is 3.22. The minimum absolute atomic E-state index is 0.955. The highest BCUT2D eigenvalue weighted by Crippen LogP contribution is 2.08. The van der Waals surface area contributed by atoms with Gasteiger partial charge in [0.1, 0.15) is 0 Å². The molecule has 7 heavy (non-hydrogen) atoms. The van der Waals surface area contributed by atoms with Crippen LogP contribution in [0.3, 0.4) is 0 Å². The van der Waals surface area contributed by atoms with Crippen molar-refractivity contribution in [2.75, 3.05) is 6.67 Å². The highest BCUT2D eigenvalue weighted by atomic mass is 35.5. The van der Waals surface area contributed by atoms with E-state index in [0.29, 0.717) is 0 Å². The number of hydrogen-bond acceptors (Lipinski definition) is 1. The highest BCUT2D eigenvalue weighted by molar-refractivity contribution is 6.13. The average Bonchev–Trinajstić information content (AvgIpc) is 1.68. The SMILES string of the molecule is FCC(F)(F)NCl. The molecule has 0 radical (unpaired) electrons. The summed E-state index contributed by atoms with van der Waals surface area (Å²) in [5.41, 5.74) is 0. The van der Waals surface area contributed by atoms with E-state index in [-0.39, 0.29) is 0 Å². The Bertz CT molecular complexity index is 50.9. The van der Waals surface area contributed by atoms with E-state index in [9.17, 15) is 13.2 Å². The van der Waals surface area contributed by atoms with Gasteiger partial charge in [-0.05, 0) is 11.8 Å². The summed E-state index contributed by atoms with van der Waals surface area (Å²) in [6, 6.07) is -3.57. The second-order valence-corrected chi connectivity index (χ2v) is 1.12. The predicted molar refractivity (Wildman–Crippen MR) is 19.9 cm³/mol. The first-order valence-electron chi connectivity index (χ1n) is 1.44. The first-order valence-corrected chi connectivity index (χ1v) is 1.82. The Morgan fingerprint density at radius 3 is 2.00 bits per heavy atom. The normalized spacial score (nSPS) is 12.0. The van der Waals surface area contributed by atoms with E-state index >= 15 is 0 Å². The fourth-order valence-corrected chi connectivity index (χ4v) is 0.0758. The molecule has 0 aliphatic rings. The quantitative estimate of drug-likeness (QED) is 0.442. The van der Waals surface area contributed by atoms with Crippen LogP contribution in [0, 0.1) is 0 Å². The number of hydrogen-bond donors (Lipinski definition) is 1. The van der Waals surface area contributed by atoms with Crippen molar-refractivity contribution in [3.05, 3.63) is 0 Å². The van der Waals surface area contributed by atoms with Crippen molar-refractivity contribution in [1.29, 1.82) is 0 Å². The monoisotopic (exact) mass is 133 g/mol. The van der Waals surface area contributed by atoms with Crippen LogP contribution in [0.15, 0.2) is 0 Å². The van der Waals surface area contributed by atoms with E-state index < -0.39 is 12.7 Å². The molecule has 0 aliphatic heterocycles. The van der Waals surface area contributed by atoms with Crippen LogP contribution >= 0.6 is 11.8 Å². The number of halogens is 4. The summed E-state index contributed by atoms with van der Waals surface area (Å²) in [5.74, 6) is 0. The lowest BCUT2D eigenvalue weighted by molar-refractivity contribution is -0.0328. The maximum atomic E-state index is 11.3. The van der Waals surface area contributed by atoms with Gasteiger partial charge in [-0.25, -0.2) is 4.39 Å². The molecule has 0 aromatic rings. The van der Waals surface area contributed by atoms with Crippen LogP contribution in [0.2, 0.25) is 0 Å². The molecule has 0 heterocycles. The highest BCUT2D eigenvalue weighted by Gasteiger charge is 2.26. The van der Waals surface area contributed by atoms with Gasteiger partial charge in [0.25, 0.3) is 0 Å². The standard InChI is InChI=1S/C2H3ClF3N/c3-7-2(5,6)1-4/h7H,1H2. The van der Waals surface area contributed by atoms with Gasteiger partial charge in [-0.1, -0.05) is 0 Å². The fraction of sp³-hybridized carbons (Fsp3) is 1.00. The molecular formula is C2H3ClF3N. The smallest absolute Gasteiger partial charge is 0.243 e. The van der Waals surface area contributed by atoms with E-state index in [1.165, 1.54) is 0 Å². The van der Waals surface area contributed by atoms with Gasteiger partial charge in [-0.2, -0.15) is 13.6 Å². The molecule has 0 aromatic heterocycles. The lowest BCUT2D eigenvalue weighted by Gasteiger charge is -2.05. The summed E-state index contributed by atoms with van der Waals surface area (Å²) in [4.78, 5) is 0.955. The first kappa shape index (κ1) is 7.04. The Morgan fingerprint density at radius 2 is 2.00 bits per heavy atom. The summed E-state index contributed by atoms with van der Waals surface area (Å²) in [6.07, 6.45) is 0. The van der Waals surface area contributed by atoms with E-state index in [2.05, 4.69) is 11.8 Å². The minimum atomic E-state index is -3.57. The zero-order valence-corrected chi connectivity index (χ0v) is 3.97. The van der Waals surface area contributed by atoms with Crippen molar-refractivity contribution in [1.82, 2.24) is 4.84 Å². The van der Waals surface area contributed by atoms with Crippen molar-refractivity contribution in [3.8, 4) is 0 Å². The average molecular weight is 134 g/mol. The van der Waals surface area contributed by atoms with Crippen LogP contribution in [-0.2, 0) is 0 Å². The Kier molecular flexibility index (Phi) is 2.39. The molecule has 0 aromatic carbocycles. The molecule has 1 nitrogen and oxygen atoms in total. The molecule has 5 heteroatoms. The van der Waals surface area contributed by atoms with Crippen LogP contribution in [0.1, 0.15) is 0 Å². The van der Waals surface area contributed by atoms with Gasteiger partial charge in [0.15, 0.2) is 6.67 Å². The van der Waals surface area contributed by atoms with Crippen LogP contribution in [-0.4, -0.2) is 12.7 Å². The molecule has 0 atom stereocenters. The molecule has 0 saturated carbocycles. The third-order valence-electron chi connectivity index (χ3n) is 0.306. The van der Waals surface area contributed by atoms with E-state index in [1.807, 2.05) is 0 Å². The van der Waals surface area contributed by atoms with E-state index in [4.69, 9.17) is 0 Å². The Labute approximate surface area is 43.6 Å². The topological polar surface area (TPSA) is 12.0 Å². The van der Waals surface area contributed by atoms with Gasteiger partial charge in [0, 0.05) is 0 Å². The molecule has 0 saturated heterocycles. The zero-order chi connectivity index (χ0) is 5.91. The van der Waals surface area contributed by atoms with Gasteiger partial charge < -0.3 is 0 Å². The van der Waals surface area contributed by atoms with Gasteiger partial charge in [0.05, 0.1) is 0 Å². The Balaban J connectivity index is 3.36. The minimum Gasteiger partial charge on any atom is -0.243 e. The van der Waals surface area contributed by atoms with Crippen LogP contribution < -0.4 is 4.84 Å². The van der Waals surface area contributed by atoms with Gasteiger partial charge >= 0.3 is 6.05 Å². The van der Waals surface area contributed by atoms with Gasteiger partial charge in [-0.3, -0.25) is 0 Å². The molecule has 0 bridgehead atoms. The van der Waals surface area contributed by atoms with Crippen molar-refractivity contribution in [2.24, 2.45) is 0 Å². The summed E-state index contributed by atoms with van der Waals surface area (Å²) in [5, 5.41) is 0. The van der Waals surface area contributed by atoms with Crippen LogP contribution in [0.25, 0.3) is 0 Å². The second-order valence-electron chi connectivity index (χ2n) is 0.933. The number of nitrogens with one attached hydrogen (secondary N) is 1. The van der Waals surface area contributed by atoms with Crippen molar-refractivity contribution < 1.29 is 13.2 Å². The summed E-state index contributed by atoms with van der Waals surface area (Å²) < 4.78 is 33.4. The maximum absolute atomic E-state index is 11.3. The summed E-state index contributed by atoms with van der Waals surface area (Å²) in [6.45, 7) is -1.78. The molecule has 0 aliphatic carbocycles. The molecule has 0 amide bonds. The predicted octanol–water partition coefficient (Wildman–Crippen LogP) is 1.29. The van der Waals surface area contributed by atoms with Gasteiger partial charge in [0.2, 0.25) is 0 Å². The number of alkyl halides is 3. The van der Waals surface area contributed by atoms with Gasteiger partial charge in [-0.15, -0.1) is 0 Å². The molecule has 1 N–H and O–H groups in total. The van der Waals surface area contributed by atoms with Crippen molar-refractivity contribution in [2.45, 2.75) is 6.05 Å². The largest absolute Gasteiger partial charge is 0.343 e. The molecule has 0 spiro atoms.